The van der Waals surface area contributed by atoms with Crippen molar-refractivity contribution in [2.75, 3.05) is 44.3 Å². The molecular weight excluding hydrogens is 593 g/mol. The van der Waals surface area contributed by atoms with Gasteiger partial charge in [-0.1, -0.05) is 75.8 Å². The van der Waals surface area contributed by atoms with Gasteiger partial charge in [0.1, 0.15) is 11.4 Å². The fourth-order valence-corrected chi connectivity index (χ4v) is 7.76. The monoisotopic (exact) mass is 649 g/mol. The van der Waals surface area contributed by atoms with Crippen LogP contribution < -0.4 is 10.6 Å². The zero-order valence-corrected chi connectivity index (χ0v) is 28.7. The van der Waals surface area contributed by atoms with Gasteiger partial charge in [-0.2, -0.15) is 0 Å². The van der Waals surface area contributed by atoms with Crippen molar-refractivity contribution in [1.82, 2.24) is 14.7 Å². The van der Waals surface area contributed by atoms with Gasteiger partial charge in [-0.05, 0) is 74.3 Å². The summed E-state index contributed by atoms with van der Waals surface area (Å²) in [7, 11) is 0. The molecule has 0 bridgehead atoms. The highest BCUT2D eigenvalue weighted by Gasteiger charge is 2.54. The van der Waals surface area contributed by atoms with Gasteiger partial charge in [0.25, 0.3) is 0 Å². The highest BCUT2D eigenvalue weighted by atomic mass is 19.1. The van der Waals surface area contributed by atoms with Gasteiger partial charge in [-0.3, -0.25) is 9.59 Å². The highest BCUT2D eigenvalue weighted by molar-refractivity contribution is 5.93. The number of anilines is 1. The van der Waals surface area contributed by atoms with Crippen molar-refractivity contribution >= 4 is 17.5 Å². The minimum atomic E-state index is -0.961. The zero-order chi connectivity index (χ0) is 33.6. The molecule has 1 spiro atoms. The van der Waals surface area contributed by atoms with E-state index in [2.05, 4.69) is 9.80 Å². The summed E-state index contributed by atoms with van der Waals surface area (Å²) in [5.41, 5.74) is 8.45. The Labute approximate surface area is 281 Å². The fourth-order valence-electron chi connectivity index (χ4n) is 7.76. The van der Waals surface area contributed by atoms with E-state index in [9.17, 15) is 19.1 Å². The number of aryl methyl sites for hydroxylation is 1. The number of nitrogens with zero attached hydrogens (tertiary/aromatic N) is 4. The Morgan fingerprint density at radius 2 is 1.62 bits per heavy atom. The summed E-state index contributed by atoms with van der Waals surface area (Å²) in [4.78, 5) is 35.9. The van der Waals surface area contributed by atoms with Crippen molar-refractivity contribution in [2.45, 2.75) is 103 Å². The number of carbonyl (C=O) groups excluding carboxylic acids is 2. The van der Waals surface area contributed by atoms with Gasteiger partial charge in [-0.25, -0.2) is 4.39 Å². The predicted molar refractivity (Wildman–Crippen MR) is 185 cm³/mol. The number of β-amino-alcohol motifs (C(OH)–C–C–N with tert-alkyl or cyclic N) is 1. The lowest BCUT2D eigenvalue weighted by molar-refractivity contribution is -0.137. The van der Waals surface area contributed by atoms with Gasteiger partial charge in [0.05, 0.1) is 25.4 Å². The first-order valence-corrected chi connectivity index (χ1v) is 17.9. The van der Waals surface area contributed by atoms with Gasteiger partial charge in [0.15, 0.2) is 0 Å². The molecule has 2 heterocycles. The molecular formula is C38H56FN5O3. The van der Waals surface area contributed by atoms with Crippen LogP contribution in [0.25, 0.3) is 0 Å². The van der Waals surface area contributed by atoms with Gasteiger partial charge in [-0.15, -0.1) is 0 Å². The Kier molecular flexibility index (Phi) is 12.0. The molecule has 2 amide bonds. The number of nitrogens with two attached hydrogens (primary N) is 1. The number of amides is 2. The first-order valence-electron chi connectivity index (χ1n) is 17.9. The molecule has 8 nitrogen and oxygen atoms in total. The Morgan fingerprint density at radius 3 is 2.23 bits per heavy atom. The number of aliphatic hydroxyl groups excluding tert-OH is 1. The summed E-state index contributed by atoms with van der Waals surface area (Å²) in [5.74, 6) is 0.142. The van der Waals surface area contributed by atoms with E-state index >= 15 is 0 Å². The van der Waals surface area contributed by atoms with Crippen molar-refractivity contribution in [3.05, 3.63) is 65.5 Å². The van der Waals surface area contributed by atoms with Crippen molar-refractivity contribution in [1.29, 1.82) is 0 Å². The third kappa shape index (κ3) is 8.72. The van der Waals surface area contributed by atoms with Crippen LogP contribution in [0.5, 0.6) is 0 Å². The van der Waals surface area contributed by atoms with Gasteiger partial charge >= 0.3 is 0 Å². The normalized spacial score (nSPS) is 20.8. The van der Waals surface area contributed by atoms with Crippen molar-refractivity contribution < 1.29 is 19.1 Å². The van der Waals surface area contributed by atoms with Crippen LogP contribution in [0.15, 0.2) is 48.5 Å². The second kappa shape index (κ2) is 15.9. The molecule has 1 aliphatic carbocycles. The lowest BCUT2D eigenvalue weighted by Crippen LogP contribution is -2.57. The molecule has 3 aliphatic rings. The minimum Gasteiger partial charge on any atom is -0.389 e. The van der Waals surface area contributed by atoms with Crippen LogP contribution in [0.4, 0.5) is 10.1 Å². The number of piperidine rings is 1. The summed E-state index contributed by atoms with van der Waals surface area (Å²) in [6.45, 7) is 9.40. The van der Waals surface area contributed by atoms with Crippen LogP contribution in [-0.2, 0) is 16.1 Å². The van der Waals surface area contributed by atoms with Gasteiger partial charge < -0.3 is 30.4 Å². The van der Waals surface area contributed by atoms with Crippen molar-refractivity contribution in [3.63, 3.8) is 0 Å². The highest BCUT2D eigenvalue weighted by Crippen LogP contribution is 2.40. The number of hydrogen-bond acceptors (Lipinski definition) is 6. The molecule has 1 saturated carbocycles. The van der Waals surface area contributed by atoms with Gasteiger partial charge in [0, 0.05) is 38.4 Å². The van der Waals surface area contributed by atoms with E-state index in [0.29, 0.717) is 26.1 Å². The van der Waals surface area contributed by atoms with E-state index in [1.165, 1.54) is 57.1 Å². The number of benzene rings is 2. The number of aliphatic hydroxyl groups is 1. The lowest BCUT2D eigenvalue weighted by Gasteiger charge is -2.44. The Hall–Kier alpha value is -3.01. The lowest BCUT2D eigenvalue weighted by atomic mass is 9.84. The van der Waals surface area contributed by atoms with E-state index in [1.54, 1.807) is 21.9 Å². The molecule has 2 aromatic carbocycles. The molecule has 0 unspecified atom stereocenters. The number of rotatable bonds is 11. The first kappa shape index (κ1) is 35.3. The van der Waals surface area contributed by atoms with Gasteiger partial charge in [0.2, 0.25) is 11.8 Å². The Bertz CT molecular complexity index is 1300. The average molecular weight is 650 g/mol. The molecule has 2 atom stereocenters. The van der Waals surface area contributed by atoms with E-state index < -0.39 is 17.7 Å². The third-order valence-corrected chi connectivity index (χ3v) is 10.7. The standard InChI is InChI=1S/C38H56FN5O3/c1-28(2)35(40)36(46)42(24-31-13-11-29(3)12-14-31)25-34(45)26-43-27-44(33-17-15-32(39)16-18-33)38(37(43)47)19-21-41(22-20-38)23-30-9-7-5-4-6-8-10-30/h11-18,28,30,34-35,45H,4-10,19-27,40H2,1-3H3/t34-,35+/m0/s1. The van der Waals surface area contributed by atoms with Crippen LogP contribution in [0.1, 0.15) is 82.8 Å². The molecule has 5 rings (SSSR count). The quantitative estimate of drug-likeness (QED) is 0.343. The first-order chi connectivity index (χ1) is 22.6. The van der Waals surface area contributed by atoms with Crippen LogP contribution >= 0.6 is 0 Å². The van der Waals surface area contributed by atoms with Crippen molar-refractivity contribution in [2.24, 2.45) is 17.6 Å². The zero-order valence-electron chi connectivity index (χ0n) is 28.7. The molecule has 0 aromatic heterocycles. The maximum absolute atomic E-state index is 14.4. The number of carbonyl (C=O) groups is 2. The molecule has 3 N–H and O–H groups in total. The molecule has 258 valence electrons. The Morgan fingerprint density at radius 1 is 1.00 bits per heavy atom. The SMILES string of the molecule is Cc1ccc(CN(C[C@H](O)CN2CN(c3ccc(F)cc3)C3(CCN(CC4CCCCCCC4)CC3)C2=O)C(=O)[C@H](N)C(C)C)cc1. The largest absolute Gasteiger partial charge is 0.389 e. The molecule has 2 aromatic rings. The molecule has 3 fully saturated rings. The van der Waals surface area contributed by atoms with Crippen LogP contribution in [0, 0.1) is 24.6 Å². The smallest absolute Gasteiger partial charge is 0.250 e. The average Bonchev–Trinajstić information content (AvgIpc) is 3.29. The molecule has 47 heavy (non-hydrogen) atoms. The summed E-state index contributed by atoms with van der Waals surface area (Å²) < 4.78 is 14.0. The number of halogens is 1. The third-order valence-electron chi connectivity index (χ3n) is 10.7. The number of hydrogen-bond donors (Lipinski definition) is 2. The van der Waals surface area contributed by atoms with Crippen LogP contribution in [-0.4, -0.2) is 88.7 Å². The topological polar surface area (TPSA) is 93.4 Å². The van der Waals surface area contributed by atoms with Crippen LogP contribution in [0.2, 0.25) is 0 Å². The van der Waals surface area contributed by atoms with E-state index in [4.69, 9.17) is 5.73 Å². The van der Waals surface area contributed by atoms with Crippen molar-refractivity contribution in [3.8, 4) is 0 Å². The second-order valence-electron chi connectivity index (χ2n) is 14.7. The predicted octanol–water partition coefficient (Wildman–Crippen LogP) is 5.31. The Balaban J connectivity index is 1.29. The molecule has 2 saturated heterocycles. The molecule has 0 radical (unpaired) electrons. The fraction of sp³-hybridized carbons (Fsp3) is 0.632. The minimum absolute atomic E-state index is 0.00164. The maximum Gasteiger partial charge on any atom is 0.250 e. The van der Waals surface area contributed by atoms with E-state index in [-0.39, 0.29) is 36.6 Å². The molecule has 2 aliphatic heterocycles. The van der Waals surface area contributed by atoms with E-state index in [1.807, 2.05) is 45.0 Å². The van der Waals surface area contributed by atoms with Crippen LogP contribution in [0.3, 0.4) is 0 Å². The molecule has 9 heteroatoms. The van der Waals surface area contributed by atoms with E-state index in [0.717, 1.165) is 42.4 Å². The summed E-state index contributed by atoms with van der Waals surface area (Å²) in [5, 5.41) is 11.4. The summed E-state index contributed by atoms with van der Waals surface area (Å²) in [6.07, 6.45) is 9.65. The summed E-state index contributed by atoms with van der Waals surface area (Å²) >= 11 is 0. The number of likely N-dealkylation sites (tertiary alicyclic amines) is 1. The maximum atomic E-state index is 14.4. The second-order valence-corrected chi connectivity index (χ2v) is 14.7. The summed E-state index contributed by atoms with van der Waals surface area (Å²) in [6, 6.07) is 13.7.